The Bertz CT molecular complexity index is 1480. The van der Waals surface area contributed by atoms with E-state index in [2.05, 4.69) is 101 Å². The SMILES string of the molecule is CCOC(C)O[C@]1(C)CC[C@@H](O[Si](CC)(CC)CC)CC(=O)O[C@H](/C(C)=C/C=C/[C@@](C)(C[C@@H]2O[C@H]2[C@H](C)[C@H](CC)O[Si](CC)(CC)CC)O[Si](CC)(CC)CC)[C@@H](C)/C=C/[C@@H]1OC(C)=O. The summed E-state index contributed by atoms with van der Waals surface area (Å²) in [4.78, 5) is 26.8. The molecule has 11 atom stereocenters. The van der Waals surface area contributed by atoms with Crippen molar-refractivity contribution < 1.29 is 46.6 Å². The molecule has 0 N–H and O–H groups in total. The third kappa shape index (κ3) is 17.5. The molecule has 2 heterocycles. The molecule has 1 fully saturated rings. The molecule has 10 nitrogen and oxygen atoms in total. The first-order valence-corrected chi connectivity index (χ1v) is 33.6. The summed E-state index contributed by atoms with van der Waals surface area (Å²) >= 11 is 0. The van der Waals surface area contributed by atoms with Crippen LogP contribution in [0.2, 0.25) is 54.4 Å². The number of carbonyl (C=O) groups is 2. The van der Waals surface area contributed by atoms with Crippen LogP contribution in [0.15, 0.2) is 36.0 Å². The third-order valence-corrected chi connectivity index (χ3v) is 29.6. The molecule has 2 aliphatic heterocycles. The summed E-state index contributed by atoms with van der Waals surface area (Å²) in [7, 11) is -5.95. The number of allylic oxidation sites excluding steroid dienone is 2. The van der Waals surface area contributed by atoms with Crippen LogP contribution in [0, 0.1) is 11.8 Å². The van der Waals surface area contributed by atoms with Crippen LogP contribution in [0.25, 0.3) is 0 Å². The molecule has 65 heavy (non-hydrogen) atoms. The molecule has 0 aromatic carbocycles. The van der Waals surface area contributed by atoms with Gasteiger partial charge < -0.3 is 37.0 Å². The third-order valence-electron chi connectivity index (χ3n) is 15.5. The van der Waals surface area contributed by atoms with Crippen molar-refractivity contribution in [2.75, 3.05) is 6.61 Å². The number of hydrogen-bond donors (Lipinski definition) is 0. The topological polar surface area (TPSA) is 111 Å². The molecule has 0 aromatic rings. The largest absolute Gasteiger partial charge is 0.457 e. The average Bonchev–Trinajstić information content (AvgIpc) is 4.05. The van der Waals surface area contributed by atoms with Gasteiger partial charge in [0.25, 0.3) is 0 Å². The van der Waals surface area contributed by atoms with E-state index in [-0.39, 0.29) is 42.7 Å². The summed E-state index contributed by atoms with van der Waals surface area (Å²) in [5.74, 6) is -0.667. The van der Waals surface area contributed by atoms with Crippen molar-refractivity contribution >= 4 is 36.9 Å². The normalized spacial score (nSPS) is 28.1. The maximum atomic E-state index is 14.1. The number of epoxide rings is 1. The Kier molecular flexibility index (Phi) is 25.4. The van der Waals surface area contributed by atoms with Gasteiger partial charge in [-0.15, -0.1) is 0 Å². The van der Waals surface area contributed by atoms with Gasteiger partial charge in [0.05, 0.1) is 30.3 Å². The molecular formula is C52H98O10Si3. The van der Waals surface area contributed by atoms with Crippen LogP contribution in [-0.4, -0.2) is 97.6 Å². The van der Waals surface area contributed by atoms with Gasteiger partial charge in [0.2, 0.25) is 0 Å². The molecule has 1 saturated heterocycles. The van der Waals surface area contributed by atoms with E-state index >= 15 is 0 Å². The Labute approximate surface area is 401 Å². The van der Waals surface area contributed by atoms with Crippen LogP contribution in [0.3, 0.4) is 0 Å². The summed E-state index contributed by atoms with van der Waals surface area (Å²) in [5, 5.41) is 0. The maximum Gasteiger partial charge on any atom is 0.308 e. The number of ether oxygens (including phenoxy) is 5. The van der Waals surface area contributed by atoms with E-state index in [1.54, 1.807) is 0 Å². The highest BCUT2D eigenvalue weighted by molar-refractivity contribution is 6.74. The molecule has 2 rings (SSSR count). The van der Waals surface area contributed by atoms with E-state index < -0.39 is 60.6 Å². The Morgan fingerprint density at radius 1 is 0.877 bits per heavy atom. The zero-order valence-electron chi connectivity index (χ0n) is 44.8. The van der Waals surface area contributed by atoms with Crippen molar-refractivity contribution in [1.29, 1.82) is 0 Å². The zero-order chi connectivity index (χ0) is 49.2. The van der Waals surface area contributed by atoms with E-state index in [1.165, 1.54) is 6.92 Å². The average molecular weight is 968 g/mol. The van der Waals surface area contributed by atoms with Gasteiger partial charge in [-0.2, -0.15) is 0 Å². The summed E-state index contributed by atoms with van der Waals surface area (Å²) < 4.78 is 53.0. The van der Waals surface area contributed by atoms with Crippen molar-refractivity contribution in [1.82, 2.24) is 0 Å². The van der Waals surface area contributed by atoms with Crippen molar-refractivity contribution in [2.45, 2.75) is 265 Å². The van der Waals surface area contributed by atoms with E-state index in [4.69, 9.17) is 37.0 Å². The van der Waals surface area contributed by atoms with Crippen LogP contribution in [0.5, 0.6) is 0 Å². The summed E-state index contributed by atoms with van der Waals surface area (Å²) in [6.07, 6.45) is 11.3. The minimum atomic E-state index is -2.13. The standard InChI is InChI=1S/C52H98O10Si3/c1-19-45(61-64(24-6,25-7)26-8)41(14)50-46(57-50)38-51(17,62-65(27-9,28-10)29-11)35-30-31-39(12)49-40(13)32-33-47(56-42(15)53)52(18,59-43(16)55-20-2)36-34-44(37-48(54)58-49)60-63(21-3,22-4)23-5/h30-33,35,40-41,43-47,49-50H,19-29,34,36-38H2,1-18H3/b33-32+,35-30+,39-31+/t40-,41+,43?,44+,45-,46-,47-,49+,50-,51-,52+/m0/s1. The molecular weight excluding hydrogens is 869 g/mol. The van der Waals surface area contributed by atoms with Gasteiger partial charge in [0.1, 0.15) is 17.8 Å². The number of rotatable bonds is 28. The minimum absolute atomic E-state index is 0.0828. The highest BCUT2D eigenvalue weighted by Gasteiger charge is 2.51. The van der Waals surface area contributed by atoms with E-state index in [1.807, 2.05) is 46.8 Å². The monoisotopic (exact) mass is 967 g/mol. The Morgan fingerprint density at radius 3 is 1.95 bits per heavy atom. The predicted octanol–water partition coefficient (Wildman–Crippen LogP) is 13.6. The van der Waals surface area contributed by atoms with Crippen molar-refractivity contribution in [3.05, 3.63) is 36.0 Å². The molecule has 0 aliphatic carbocycles. The number of carbonyl (C=O) groups excluding carboxylic acids is 2. The van der Waals surface area contributed by atoms with Crippen molar-refractivity contribution in [2.24, 2.45) is 11.8 Å². The number of cyclic esters (lactones) is 1. The summed E-state index contributed by atoms with van der Waals surface area (Å²) in [5.41, 5.74) is -0.625. The van der Waals surface area contributed by atoms with Gasteiger partial charge >= 0.3 is 11.9 Å². The highest BCUT2D eigenvalue weighted by Crippen LogP contribution is 2.43. The Morgan fingerprint density at radius 2 is 1.45 bits per heavy atom. The van der Waals surface area contributed by atoms with Gasteiger partial charge in [0.15, 0.2) is 31.2 Å². The molecule has 0 spiro atoms. The van der Waals surface area contributed by atoms with E-state index in [9.17, 15) is 9.59 Å². The highest BCUT2D eigenvalue weighted by atomic mass is 28.4. The van der Waals surface area contributed by atoms with Crippen LogP contribution >= 0.6 is 0 Å². The fraction of sp³-hybridized carbons (Fsp3) is 0.846. The van der Waals surface area contributed by atoms with Gasteiger partial charge in [-0.3, -0.25) is 9.59 Å². The van der Waals surface area contributed by atoms with E-state index in [0.717, 1.165) is 72.8 Å². The first kappa shape index (κ1) is 59.7. The molecule has 2 aliphatic rings. The van der Waals surface area contributed by atoms with Gasteiger partial charge in [-0.1, -0.05) is 107 Å². The smallest absolute Gasteiger partial charge is 0.308 e. The molecule has 1 unspecified atom stereocenters. The van der Waals surface area contributed by atoms with Gasteiger partial charge in [-0.05, 0) is 120 Å². The first-order chi connectivity index (χ1) is 30.6. The fourth-order valence-electron chi connectivity index (χ4n) is 10.2. The second-order valence-electron chi connectivity index (χ2n) is 19.8. The Hall–Kier alpha value is -1.43. The summed E-state index contributed by atoms with van der Waals surface area (Å²) in [6.45, 7) is 38.8. The molecule has 0 radical (unpaired) electrons. The van der Waals surface area contributed by atoms with Crippen LogP contribution in [0.4, 0.5) is 0 Å². The lowest BCUT2D eigenvalue weighted by molar-refractivity contribution is -0.227. The number of esters is 2. The van der Waals surface area contributed by atoms with Crippen LogP contribution in [0.1, 0.15) is 157 Å². The number of hydrogen-bond acceptors (Lipinski definition) is 10. The molecule has 0 saturated carbocycles. The maximum absolute atomic E-state index is 14.1. The van der Waals surface area contributed by atoms with Crippen LogP contribution in [-0.2, 0) is 46.6 Å². The predicted molar refractivity (Wildman–Crippen MR) is 275 cm³/mol. The first-order valence-electron chi connectivity index (χ1n) is 26.1. The summed E-state index contributed by atoms with van der Waals surface area (Å²) in [6, 6.07) is 9.40. The molecule has 378 valence electrons. The molecule has 0 aromatic heterocycles. The van der Waals surface area contributed by atoms with Crippen molar-refractivity contribution in [3.8, 4) is 0 Å². The van der Waals surface area contributed by atoms with Crippen LogP contribution < -0.4 is 0 Å². The zero-order valence-corrected chi connectivity index (χ0v) is 47.8. The van der Waals surface area contributed by atoms with E-state index in [0.29, 0.717) is 25.4 Å². The quantitative estimate of drug-likeness (QED) is 0.0188. The van der Waals surface area contributed by atoms with Gasteiger partial charge in [0, 0.05) is 37.9 Å². The lowest BCUT2D eigenvalue weighted by Crippen LogP contribution is -2.48. The van der Waals surface area contributed by atoms with Gasteiger partial charge in [-0.25, -0.2) is 0 Å². The minimum Gasteiger partial charge on any atom is -0.457 e. The lowest BCUT2D eigenvalue weighted by atomic mass is 9.88. The molecule has 13 heteroatoms. The lowest BCUT2D eigenvalue weighted by Gasteiger charge is -2.40. The fourth-order valence-corrected chi connectivity index (χ4v) is 19.2. The second kappa shape index (κ2) is 27.7. The second-order valence-corrected chi connectivity index (χ2v) is 33.9. The Balaban J connectivity index is 2.62. The van der Waals surface area contributed by atoms with Crippen molar-refractivity contribution in [3.63, 3.8) is 0 Å². The molecule has 0 bridgehead atoms. The molecule has 0 amide bonds.